The molecule has 0 heterocycles. The molecule has 0 unspecified atom stereocenters. The fraction of sp³-hybridized carbons (Fsp3) is 0.455. The summed E-state index contributed by atoms with van der Waals surface area (Å²) in [4.78, 5) is 0. The number of ether oxygens (including phenoxy) is 1. The number of aryl methyl sites for hydroxylation is 1. The van der Waals surface area contributed by atoms with Crippen LogP contribution in [0, 0.1) is 0 Å². The van der Waals surface area contributed by atoms with E-state index in [4.69, 9.17) is 10.5 Å². The molecule has 2 heteroatoms. The summed E-state index contributed by atoms with van der Waals surface area (Å²) in [6.45, 7) is 0. The first-order chi connectivity index (χ1) is 6.31. The molecule has 1 aliphatic rings. The maximum atomic E-state index is 5.92. The predicted octanol–water partition coefficient (Wildman–Crippen LogP) is 1.51. The molecule has 1 aliphatic carbocycles. The Morgan fingerprint density at radius 2 is 2.31 bits per heavy atom. The van der Waals surface area contributed by atoms with Crippen molar-refractivity contribution in [3.8, 4) is 5.75 Å². The molecule has 13 heavy (non-hydrogen) atoms. The average molecular weight is 177 g/mol. The lowest BCUT2D eigenvalue weighted by atomic mass is 9.88. The summed E-state index contributed by atoms with van der Waals surface area (Å²) >= 11 is 0. The van der Waals surface area contributed by atoms with E-state index >= 15 is 0 Å². The molecule has 0 aromatic heterocycles. The van der Waals surface area contributed by atoms with Gasteiger partial charge in [-0.05, 0) is 36.5 Å². The normalized spacial score (nSPS) is 20.9. The summed E-state index contributed by atoms with van der Waals surface area (Å²) in [6, 6.07) is 6.54. The van der Waals surface area contributed by atoms with E-state index in [1.54, 1.807) is 7.11 Å². The Bertz CT molecular complexity index is 295. The highest BCUT2D eigenvalue weighted by molar-refractivity contribution is 5.42. The Labute approximate surface area is 78.7 Å². The van der Waals surface area contributed by atoms with Crippen LogP contribution in [0.2, 0.25) is 0 Å². The molecular formula is C11H15NO. The van der Waals surface area contributed by atoms with Gasteiger partial charge in [-0.15, -0.1) is 0 Å². The quantitative estimate of drug-likeness (QED) is 0.705. The zero-order valence-electron chi connectivity index (χ0n) is 7.92. The van der Waals surface area contributed by atoms with Crippen LogP contribution in [0.3, 0.4) is 0 Å². The van der Waals surface area contributed by atoms with Crippen LogP contribution in [-0.4, -0.2) is 13.2 Å². The minimum atomic E-state index is 0.309. The second kappa shape index (κ2) is 3.38. The molecule has 1 atom stereocenters. The summed E-state index contributed by atoms with van der Waals surface area (Å²) in [6.07, 6.45) is 3.15. The van der Waals surface area contributed by atoms with Crippen LogP contribution in [0.4, 0.5) is 0 Å². The third-order valence-corrected chi connectivity index (χ3v) is 2.70. The number of rotatable bonds is 1. The molecule has 0 saturated carbocycles. The monoisotopic (exact) mass is 177 g/mol. The summed E-state index contributed by atoms with van der Waals surface area (Å²) in [5, 5.41) is 0. The Kier molecular flexibility index (Phi) is 2.23. The van der Waals surface area contributed by atoms with Crippen LogP contribution in [-0.2, 0) is 12.8 Å². The van der Waals surface area contributed by atoms with Gasteiger partial charge in [-0.25, -0.2) is 0 Å². The fourth-order valence-electron chi connectivity index (χ4n) is 1.97. The second-order valence-electron chi connectivity index (χ2n) is 3.60. The highest BCUT2D eigenvalue weighted by Gasteiger charge is 2.18. The van der Waals surface area contributed by atoms with E-state index in [1.807, 2.05) is 6.07 Å². The maximum Gasteiger partial charge on any atom is 0.122 e. The van der Waals surface area contributed by atoms with Crippen molar-refractivity contribution in [2.24, 2.45) is 5.73 Å². The zero-order chi connectivity index (χ0) is 9.26. The second-order valence-corrected chi connectivity index (χ2v) is 3.60. The van der Waals surface area contributed by atoms with Gasteiger partial charge in [-0.3, -0.25) is 0 Å². The number of methoxy groups -OCH3 is 1. The van der Waals surface area contributed by atoms with Crippen molar-refractivity contribution in [2.75, 3.05) is 7.11 Å². The highest BCUT2D eigenvalue weighted by Crippen LogP contribution is 2.28. The topological polar surface area (TPSA) is 35.2 Å². The van der Waals surface area contributed by atoms with Crippen molar-refractivity contribution >= 4 is 0 Å². The summed E-state index contributed by atoms with van der Waals surface area (Å²) < 4.78 is 5.31. The van der Waals surface area contributed by atoms with Gasteiger partial charge in [0.15, 0.2) is 0 Å². The first-order valence-electron chi connectivity index (χ1n) is 4.71. The molecule has 0 radical (unpaired) electrons. The van der Waals surface area contributed by atoms with Gasteiger partial charge in [-0.1, -0.05) is 12.1 Å². The molecule has 2 rings (SSSR count). The molecule has 0 fully saturated rings. The Morgan fingerprint density at radius 3 is 3.08 bits per heavy atom. The average Bonchev–Trinajstić information content (AvgIpc) is 2.17. The molecule has 0 spiro atoms. The van der Waals surface area contributed by atoms with Crippen molar-refractivity contribution in [3.63, 3.8) is 0 Å². The van der Waals surface area contributed by atoms with Gasteiger partial charge in [0.25, 0.3) is 0 Å². The zero-order valence-corrected chi connectivity index (χ0v) is 7.92. The first-order valence-corrected chi connectivity index (χ1v) is 4.71. The molecule has 70 valence electrons. The molecule has 1 aromatic carbocycles. The van der Waals surface area contributed by atoms with Gasteiger partial charge < -0.3 is 10.5 Å². The number of benzene rings is 1. The van der Waals surface area contributed by atoms with Crippen LogP contribution in [0.5, 0.6) is 5.75 Å². The van der Waals surface area contributed by atoms with Gasteiger partial charge in [0.1, 0.15) is 5.75 Å². The van der Waals surface area contributed by atoms with E-state index in [2.05, 4.69) is 12.1 Å². The van der Waals surface area contributed by atoms with Crippen LogP contribution in [0.25, 0.3) is 0 Å². The fourth-order valence-corrected chi connectivity index (χ4v) is 1.97. The van der Waals surface area contributed by atoms with E-state index in [9.17, 15) is 0 Å². The number of hydrogen-bond acceptors (Lipinski definition) is 2. The molecule has 2 N–H and O–H groups in total. The smallest absolute Gasteiger partial charge is 0.122 e. The Hall–Kier alpha value is -1.02. The SMILES string of the molecule is COc1cccc2c1C[C@H](N)CC2. The van der Waals surface area contributed by atoms with E-state index in [0.29, 0.717) is 6.04 Å². The number of hydrogen-bond donors (Lipinski definition) is 1. The number of fused-ring (bicyclic) bond motifs is 1. The van der Waals surface area contributed by atoms with Crippen molar-refractivity contribution in [2.45, 2.75) is 25.3 Å². The van der Waals surface area contributed by atoms with Gasteiger partial charge >= 0.3 is 0 Å². The van der Waals surface area contributed by atoms with E-state index < -0.39 is 0 Å². The van der Waals surface area contributed by atoms with E-state index in [0.717, 1.165) is 25.0 Å². The van der Waals surface area contributed by atoms with Crippen LogP contribution in [0.1, 0.15) is 17.5 Å². The van der Waals surface area contributed by atoms with Gasteiger partial charge in [0.2, 0.25) is 0 Å². The van der Waals surface area contributed by atoms with Gasteiger partial charge in [0.05, 0.1) is 7.11 Å². The Balaban J connectivity index is 2.41. The molecule has 0 amide bonds. The summed E-state index contributed by atoms with van der Waals surface area (Å²) in [5.41, 5.74) is 8.63. The largest absolute Gasteiger partial charge is 0.496 e. The minimum Gasteiger partial charge on any atom is -0.496 e. The maximum absolute atomic E-state index is 5.92. The van der Waals surface area contributed by atoms with E-state index in [-0.39, 0.29) is 0 Å². The highest BCUT2D eigenvalue weighted by atomic mass is 16.5. The lowest BCUT2D eigenvalue weighted by Crippen LogP contribution is -2.28. The lowest BCUT2D eigenvalue weighted by molar-refractivity contribution is 0.403. The van der Waals surface area contributed by atoms with Crippen molar-refractivity contribution in [3.05, 3.63) is 29.3 Å². The Morgan fingerprint density at radius 1 is 1.46 bits per heavy atom. The third kappa shape index (κ3) is 1.54. The molecule has 2 nitrogen and oxygen atoms in total. The van der Waals surface area contributed by atoms with Crippen LogP contribution >= 0.6 is 0 Å². The van der Waals surface area contributed by atoms with Crippen LogP contribution < -0.4 is 10.5 Å². The minimum absolute atomic E-state index is 0.309. The number of nitrogens with two attached hydrogens (primary N) is 1. The summed E-state index contributed by atoms with van der Waals surface area (Å²) in [7, 11) is 1.72. The van der Waals surface area contributed by atoms with Crippen LogP contribution in [0.15, 0.2) is 18.2 Å². The van der Waals surface area contributed by atoms with Crippen molar-refractivity contribution in [1.82, 2.24) is 0 Å². The third-order valence-electron chi connectivity index (χ3n) is 2.70. The standard InChI is InChI=1S/C11H15NO/c1-13-11-4-2-3-8-5-6-9(12)7-10(8)11/h2-4,9H,5-7,12H2,1H3/t9-/m1/s1. The van der Waals surface area contributed by atoms with Gasteiger partial charge in [0, 0.05) is 6.04 Å². The van der Waals surface area contributed by atoms with Crippen molar-refractivity contribution < 1.29 is 4.74 Å². The molecule has 1 aromatic rings. The molecular weight excluding hydrogens is 162 g/mol. The molecule has 0 saturated heterocycles. The first kappa shape index (κ1) is 8.57. The van der Waals surface area contributed by atoms with E-state index in [1.165, 1.54) is 11.1 Å². The van der Waals surface area contributed by atoms with Crippen molar-refractivity contribution in [1.29, 1.82) is 0 Å². The summed E-state index contributed by atoms with van der Waals surface area (Å²) in [5.74, 6) is 0.993. The predicted molar refractivity (Wildman–Crippen MR) is 53.0 cm³/mol. The van der Waals surface area contributed by atoms with Gasteiger partial charge in [-0.2, -0.15) is 0 Å². The molecule has 0 aliphatic heterocycles. The molecule has 0 bridgehead atoms. The lowest BCUT2D eigenvalue weighted by Gasteiger charge is -2.23.